The first kappa shape index (κ1) is 24.3. The molecule has 2 aromatic carbocycles. The zero-order chi connectivity index (χ0) is 24.7. The smallest absolute Gasteiger partial charge is 0.415 e. The first-order valence-corrected chi connectivity index (χ1v) is 11.2. The molecular weight excluding hydrogens is 472 g/mol. The molecule has 13 heteroatoms. The van der Waals surface area contributed by atoms with Crippen molar-refractivity contribution >= 4 is 33.5 Å². The van der Waals surface area contributed by atoms with Crippen LogP contribution in [0.2, 0.25) is 0 Å². The molecule has 1 unspecified atom stereocenters. The van der Waals surface area contributed by atoms with E-state index in [9.17, 15) is 40.7 Å². The number of aliphatic carboxylic acids is 1. The number of carbonyl (C=O) groups excluding carboxylic acids is 1. The number of nitrogens with zero attached hydrogens (tertiary/aromatic N) is 1. The number of cyclic esters (lactones) is 1. The van der Waals surface area contributed by atoms with Crippen LogP contribution < -0.4 is 9.62 Å². The van der Waals surface area contributed by atoms with Crippen molar-refractivity contribution in [1.29, 1.82) is 0 Å². The summed E-state index contributed by atoms with van der Waals surface area (Å²) in [6.07, 6.45) is -2.10. The van der Waals surface area contributed by atoms with Gasteiger partial charge in [0.25, 0.3) is 0 Å². The summed E-state index contributed by atoms with van der Waals surface area (Å²) >= 11 is 0. The summed E-state index contributed by atoms with van der Waals surface area (Å²) in [6, 6.07) is 3.56. The van der Waals surface area contributed by atoms with E-state index in [4.69, 9.17) is 4.74 Å². The van der Waals surface area contributed by atoms with Crippen molar-refractivity contribution < 1.29 is 45.4 Å². The molecule has 0 aliphatic carbocycles. The average Bonchev–Trinajstić information content (AvgIpc) is 2.75. The molecule has 2 N–H and O–H groups in total. The second-order valence-corrected chi connectivity index (χ2v) is 8.97. The Morgan fingerprint density at radius 1 is 1.15 bits per heavy atom. The lowest BCUT2D eigenvalue weighted by molar-refractivity contribution is -0.147. The van der Waals surface area contributed by atoms with Gasteiger partial charge in [-0.1, -0.05) is 6.92 Å². The molecule has 1 aliphatic rings. The fraction of sp³-hybridized carbons (Fsp3) is 0.300. The molecule has 0 saturated carbocycles. The number of carboxylic acids is 1. The van der Waals surface area contributed by atoms with E-state index in [1.807, 2.05) is 4.72 Å². The SMILES string of the molecule is CCCN1C(=O)OC(C(=O)O)c2cc(NS(=O)(=O)Cc3c(F)c(F)c(C)c(F)c3F)ccc21. The number of fused-ring (bicyclic) bond motifs is 1. The van der Waals surface area contributed by atoms with Gasteiger partial charge in [0.1, 0.15) is 5.75 Å². The Morgan fingerprint density at radius 3 is 2.30 bits per heavy atom. The number of anilines is 2. The van der Waals surface area contributed by atoms with Crippen LogP contribution in [0.1, 0.15) is 36.1 Å². The number of carbonyl (C=O) groups is 2. The number of amides is 1. The van der Waals surface area contributed by atoms with Gasteiger partial charge < -0.3 is 9.84 Å². The molecule has 0 radical (unpaired) electrons. The fourth-order valence-electron chi connectivity index (χ4n) is 3.34. The summed E-state index contributed by atoms with van der Waals surface area (Å²) in [4.78, 5) is 24.8. The maximum Gasteiger partial charge on any atom is 0.415 e. The van der Waals surface area contributed by atoms with Crippen molar-refractivity contribution in [3.63, 3.8) is 0 Å². The highest BCUT2D eigenvalue weighted by atomic mass is 32.2. The highest BCUT2D eigenvalue weighted by molar-refractivity contribution is 7.91. The third-order valence-corrected chi connectivity index (χ3v) is 6.11. The highest BCUT2D eigenvalue weighted by Gasteiger charge is 2.37. The lowest BCUT2D eigenvalue weighted by Gasteiger charge is -2.32. The van der Waals surface area contributed by atoms with Crippen LogP contribution in [0, 0.1) is 30.2 Å². The molecule has 8 nitrogen and oxygen atoms in total. The fourth-order valence-corrected chi connectivity index (χ4v) is 4.53. The van der Waals surface area contributed by atoms with Crippen molar-refractivity contribution in [2.24, 2.45) is 0 Å². The van der Waals surface area contributed by atoms with E-state index in [1.54, 1.807) is 6.92 Å². The minimum absolute atomic E-state index is 0.0412. The van der Waals surface area contributed by atoms with E-state index in [0.717, 1.165) is 13.0 Å². The number of rotatable bonds is 7. The highest BCUT2D eigenvalue weighted by Crippen LogP contribution is 2.37. The number of nitrogens with one attached hydrogen (secondary N) is 1. The Bertz CT molecular complexity index is 1220. The minimum atomic E-state index is -4.61. The van der Waals surface area contributed by atoms with Crippen LogP contribution in [0.4, 0.5) is 33.7 Å². The summed E-state index contributed by atoms with van der Waals surface area (Å²) in [5.74, 6) is -10.0. The maximum atomic E-state index is 14.1. The predicted molar refractivity (Wildman–Crippen MR) is 108 cm³/mol. The van der Waals surface area contributed by atoms with Crippen molar-refractivity contribution in [1.82, 2.24) is 0 Å². The Balaban J connectivity index is 1.97. The van der Waals surface area contributed by atoms with Crippen molar-refractivity contribution in [3.05, 3.63) is 58.2 Å². The number of sulfonamides is 1. The number of hydrogen-bond acceptors (Lipinski definition) is 5. The Labute approximate surface area is 185 Å². The first-order valence-electron chi connectivity index (χ1n) is 9.54. The van der Waals surface area contributed by atoms with Gasteiger partial charge in [-0.2, -0.15) is 0 Å². The van der Waals surface area contributed by atoms with E-state index in [1.165, 1.54) is 17.0 Å². The van der Waals surface area contributed by atoms with Gasteiger partial charge in [0.05, 0.1) is 5.69 Å². The van der Waals surface area contributed by atoms with Crippen LogP contribution in [-0.2, 0) is 25.3 Å². The molecule has 33 heavy (non-hydrogen) atoms. The van der Waals surface area contributed by atoms with E-state index in [0.29, 0.717) is 6.42 Å². The zero-order valence-corrected chi connectivity index (χ0v) is 18.1. The van der Waals surface area contributed by atoms with Crippen molar-refractivity contribution in [2.75, 3.05) is 16.2 Å². The van der Waals surface area contributed by atoms with Crippen LogP contribution in [0.3, 0.4) is 0 Å². The second kappa shape index (κ2) is 8.89. The van der Waals surface area contributed by atoms with E-state index >= 15 is 0 Å². The molecule has 1 atom stereocenters. The number of carboxylic acid groups (broad SMARTS) is 1. The molecule has 178 valence electrons. The van der Waals surface area contributed by atoms with Crippen molar-refractivity contribution in [2.45, 2.75) is 32.1 Å². The van der Waals surface area contributed by atoms with Crippen LogP contribution in [-0.4, -0.2) is 32.1 Å². The van der Waals surface area contributed by atoms with E-state index in [-0.39, 0.29) is 23.5 Å². The van der Waals surface area contributed by atoms with Crippen LogP contribution in [0.5, 0.6) is 0 Å². The Hall–Kier alpha value is -3.35. The number of benzene rings is 2. The number of ether oxygens (including phenoxy) is 1. The lowest BCUT2D eigenvalue weighted by Crippen LogP contribution is -2.40. The molecule has 1 heterocycles. The normalized spacial score (nSPS) is 15.8. The predicted octanol–water partition coefficient (Wildman–Crippen LogP) is 3.99. The monoisotopic (exact) mass is 490 g/mol. The molecule has 2 aromatic rings. The molecule has 1 aliphatic heterocycles. The maximum absolute atomic E-state index is 14.1. The summed E-state index contributed by atoms with van der Waals surface area (Å²) in [5, 5.41) is 9.38. The zero-order valence-electron chi connectivity index (χ0n) is 17.3. The standard InChI is InChI=1S/C20H18F4N2O6S/c1-3-6-26-13-5-4-10(7-11(13)18(19(27)28)32-20(26)29)25-33(30,31)8-12-16(23)14(21)9(2)15(22)17(12)24/h4-5,7,18,25H,3,6,8H2,1-2H3,(H,27,28). The largest absolute Gasteiger partial charge is 0.478 e. The van der Waals surface area contributed by atoms with Gasteiger partial charge >= 0.3 is 12.1 Å². The lowest BCUT2D eigenvalue weighted by atomic mass is 10.0. The van der Waals surface area contributed by atoms with E-state index < -0.39 is 68.3 Å². The van der Waals surface area contributed by atoms with Crippen LogP contribution in [0.15, 0.2) is 18.2 Å². The number of halogens is 4. The van der Waals surface area contributed by atoms with Gasteiger partial charge in [-0.3, -0.25) is 9.62 Å². The molecule has 0 fully saturated rings. The van der Waals surface area contributed by atoms with Crippen molar-refractivity contribution in [3.8, 4) is 0 Å². The molecule has 0 aromatic heterocycles. The summed E-state index contributed by atoms with van der Waals surface area (Å²) in [7, 11) is -4.61. The summed E-state index contributed by atoms with van der Waals surface area (Å²) < 4.78 is 87.6. The molecule has 0 spiro atoms. The van der Waals surface area contributed by atoms with Gasteiger partial charge in [-0.15, -0.1) is 0 Å². The summed E-state index contributed by atoms with van der Waals surface area (Å²) in [5.41, 5.74) is -2.33. The molecule has 1 amide bonds. The third-order valence-electron chi connectivity index (χ3n) is 4.89. The van der Waals surface area contributed by atoms with Gasteiger partial charge in [0.15, 0.2) is 23.3 Å². The van der Waals surface area contributed by atoms with Gasteiger partial charge in [-0.05, 0) is 31.5 Å². The first-order chi connectivity index (χ1) is 15.4. The van der Waals surface area contributed by atoms with Crippen LogP contribution in [0.25, 0.3) is 0 Å². The molecule has 0 bridgehead atoms. The number of hydrogen-bond donors (Lipinski definition) is 2. The molecule has 0 saturated heterocycles. The third kappa shape index (κ3) is 4.58. The molecular formula is C20H18F4N2O6S. The van der Waals surface area contributed by atoms with Gasteiger partial charge in [0.2, 0.25) is 16.1 Å². The van der Waals surface area contributed by atoms with Crippen LogP contribution >= 0.6 is 0 Å². The molecule has 3 rings (SSSR count). The Morgan fingerprint density at radius 2 is 1.76 bits per heavy atom. The van der Waals surface area contributed by atoms with Gasteiger partial charge in [0, 0.05) is 28.9 Å². The average molecular weight is 490 g/mol. The van der Waals surface area contributed by atoms with E-state index in [2.05, 4.69) is 0 Å². The summed E-state index contributed by atoms with van der Waals surface area (Å²) in [6.45, 7) is 2.77. The quantitative estimate of drug-likeness (QED) is 0.448. The minimum Gasteiger partial charge on any atom is -0.478 e. The van der Waals surface area contributed by atoms with Gasteiger partial charge in [-0.25, -0.2) is 35.6 Å². The Kier molecular flexibility index (Phi) is 6.54. The topological polar surface area (TPSA) is 113 Å². The second-order valence-electron chi connectivity index (χ2n) is 7.25.